The van der Waals surface area contributed by atoms with E-state index in [1.807, 2.05) is 13.8 Å². The summed E-state index contributed by atoms with van der Waals surface area (Å²) in [5.41, 5.74) is 5.05. The van der Waals surface area contributed by atoms with Crippen LogP contribution in [0.15, 0.2) is 0 Å². The van der Waals surface area contributed by atoms with E-state index in [9.17, 15) is 14.4 Å². The van der Waals surface area contributed by atoms with Gasteiger partial charge in [0.15, 0.2) is 0 Å². The first-order valence-corrected chi connectivity index (χ1v) is 11.1. The first-order valence-electron chi connectivity index (χ1n) is 11.1. The number of amides is 3. The number of carbonyl (C=O) groups excluding carboxylic acids is 3. The Bertz CT molecular complexity index is 569. The Kier molecular flexibility index (Phi) is 11.8. The fourth-order valence-corrected chi connectivity index (χ4v) is 2.99. The summed E-state index contributed by atoms with van der Waals surface area (Å²) in [7, 11) is 0. The van der Waals surface area contributed by atoms with Crippen LogP contribution in [0.5, 0.6) is 0 Å². The monoisotopic (exact) mass is 444 g/mol. The molecule has 2 aliphatic rings. The Morgan fingerprint density at radius 2 is 1.35 bits per heavy atom. The van der Waals surface area contributed by atoms with E-state index in [0.717, 1.165) is 0 Å². The molecule has 2 aliphatic heterocycles. The van der Waals surface area contributed by atoms with Crippen molar-refractivity contribution < 1.29 is 28.6 Å². The van der Waals surface area contributed by atoms with Gasteiger partial charge in [-0.25, -0.2) is 4.79 Å². The number of hydrogen-bond acceptors (Lipinski definition) is 7. The average molecular weight is 445 g/mol. The number of carbonyl (C=O) groups is 3. The molecule has 2 rings (SSSR count). The minimum atomic E-state index is -0.565. The van der Waals surface area contributed by atoms with E-state index >= 15 is 0 Å². The van der Waals surface area contributed by atoms with Gasteiger partial charge in [0, 0.05) is 26.2 Å². The van der Waals surface area contributed by atoms with Crippen LogP contribution in [-0.4, -0.2) is 98.0 Å². The number of hydrogen-bond donors (Lipinski definition) is 2. The van der Waals surface area contributed by atoms with Gasteiger partial charge in [-0.05, 0) is 33.6 Å². The van der Waals surface area contributed by atoms with E-state index in [-0.39, 0.29) is 17.9 Å². The highest BCUT2D eigenvalue weighted by atomic mass is 16.6. The minimum absolute atomic E-state index is 0.0563. The normalized spacial score (nSPS) is 18.9. The van der Waals surface area contributed by atoms with Crippen LogP contribution in [0.2, 0.25) is 0 Å². The van der Waals surface area contributed by atoms with Crippen LogP contribution in [0.3, 0.4) is 0 Å². The largest absolute Gasteiger partial charge is 0.444 e. The lowest BCUT2D eigenvalue weighted by atomic mass is 10.2. The summed E-state index contributed by atoms with van der Waals surface area (Å²) in [4.78, 5) is 38.9. The summed E-state index contributed by atoms with van der Waals surface area (Å²) in [6.07, 6.45) is 0.687. The van der Waals surface area contributed by atoms with Crippen LogP contribution in [0.4, 0.5) is 4.79 Å². The van der Waals surface area contributed by atoms with Gasteiger partial charge in [0.2, 0.25) is 11.8 Å². The van der Waals surface area contributed by atoms with Gasteiger partial charge in [-0.3, -0.25) is 9.59 Å². The quantitative estimate of drug-likeness (QED) is 0.641. The van der Waals surface area contributed by atoms with E-state index in [1.54, 1.807) is 30.6 Å². The van der Waals surface area contributed by atoms with Gasteiger partial charge in [0.1, 0.15) is 11.6 Å². The number of nitrogens with zero attached hydrogens (tertiary/aromatic N) is 2. The van der Waals surface area contributed by atoms with Crippen molar-refractivity contribution in [3.8, 4) is 0 Å². The third kappa shape index (κ3) is 10.3. The summed E-state index contributed by atoms with van der Waals surface area (Å²) in [6, 6.07) is -0.865. The summed E-state index contributed by atoms with van der Waals surface area (Å²) >= 11 is 0. The van der Waals surface area contributed by atoms with Gasteiger partial charge in [-0.1, -0.05) is 13.8 Å². The van der Waals surface area contributed by atoms with Crippen molar-refractivity contribution in [1.29, 1.82) is 0 Å². The van der Waals surface area contributed by atoms with Crippen LogP contribution < -0.4 is 11.1 Å². The molecule has 0 aromatic heterocycles. The first-order chi connectivity index (χ1) is 14.6. The molecule has 0 bridgehead atoms. The predicted molar refractivity (Wildman–Crippen MR) is 117 cm³/mol. The number of nitrogens with one attached hydrogen (secondary N) is 1. The lowest BCUT2D eigenvalue weighted by Crippen LogP contribution is -2.52. The summed E-state index contributed by atoms with van der Waals surface area (Å²) in [5.74, 6) is -0.0162. The molecule has 2 saturated heterocycles. The van der Waals surface area contributed by atoms with Crippen LogP contribution in [0.1, 0.15) is 47.5 Å². The van der Waals surface area contributed by atoms with E-state index < -0.39 is 17.7 Å². The van der Waals surface area contributed by atoms with Gasteiger partial charge in [-0.15, -0.1) is 0 Å². The molecule has 0 spiro atoms. The van der Waals surface area contributed by atoms with Crippen molar-refractivity contribution in [1.82, 2.24) is 15.1 Å². The second kappa shape index (κ2) is 13.5. The lowest BCUT2D eigenvalue weighted by Gasteiger charge is -2.30. The molecule has 0 aliphatic carbocycles. The Morgan fingerprint density at radius 1 is 0.903 bits per heavy atom. The molecule has 2 atom stereocenters. The fourth-order valence-electron chi connectivity index (χ4n) is 2.99. The van der Waals surface area contributed by atoms with Crippen molar-refractivity contribution in [2.75, 3.05) is 52.6 Å². The molecule has 2 heterocycles. The molecular formula is C21H40N4O6. The van der Waals surface area contributed by atoms with E-state index in [1.165, 1.54) is 0 Å². The van der Waals surface area contributed by atoms with Crippen LogP contribution in [0.25, 0.3) is 0 Å². The van der Waals surface area contributed by atoms with Gasteiger partial charge >= 0.3 is 6.09 Å². The maximum absolute atomic E-state index is 12.2. The average Bonchev–Trinajstić information content (AvgIpc) is 2.76. The summed E-state index contributed by atoms with van der Waals surface area (Å²) < 4.78 is 15.5. The van der Waals surface area contributed by atoms with E-state index in [0.29, 0.717) is 65.4 Å². The molecular weight excluding hydrogens is 404 g/mol. The highest BCUT2D eigenvalue weighted by Crippen LogP contribution is 2.09. The number of ether oxygens (including phenoxy) is 3. The Morgan fingerprint density at radius 3 is 1.74 bits per heavy atom. The second-order valence-electron chi connectivity index (χ2n) is 8.50. The van der Waals surface area contributed by atoms with Gasteiger partial charge in [0.25, 0.3) is 0 Å². The van der Waals surface area contributed by atoms with Gasteiger partial charge in [-0.2, -0.15) is 0 Å². The lowest BCUT2D eigenvalue weighted by molar-refractivity contribution is -0.137. The maximum Gasteiger partial charge on any atom is 0.408 e. The van der Waals surface area contributed by atoms with Crippen molar-refractivity contribution >= 4 is 17.9 Å². The van der Waals surface area contributed by atoms with Crippen molar-refractivity contribution in [2.24, 2.45) is 5.73 Å². The number of nitrogens with two attached hydrogens (primary N) is 1. The third-order valence-electron chi connectivity index (χ3n) is 4.80. The topological polar surface area (TPSA) is 123 Å². The second-order valence-corrected chi connectivity index (χ2v) is 8.50. The Labute approximate surface area is 185 Å². The zero-order valence-electron chi connectivity index (χ0n) is 19.6. The standard InChI is InChI=1S/C13H24N2O4.C8H16N2O2/c1-5-10(14-12(17)19-13(2,3)4)11(16)15-6-8-18-9-7-15;1-2-7(9)8(11)10-3-5-12-6-4-10/h10H,5-9H2,1-4H3,(H,14,17);7H,2-6,9H2,1H3/t10-;7-/m00/s1. The molecule has 0 radical (unpaired) electrons. The van der Waals surface area contributed by atoms with Crippen molar-refractivity contribution in [2.45, 2.75) is 65.1 Å². The zero-order chi connectivity index (χ0) is 23.4. The molecule has 2 fully saturated rings. The van der Waals surface area contributed by atoms with Gasteiger partial charge in [0.05, 0.1) is 32.5 Å². The zero-order valence-corrected chi connectivity index (χ0v) is 19.6. The molecule has 180 valence electrons. The first kappa shape index (κ1) is 27.1. The molecule has 10 heteroatoms. The summed E-state index contributed by atoms with van der Waals surface area (Å²) in [5, 5.41) is 2.63. The molecule has 0 saturated carbocycles. The molecule has 10 nitrogen and oxygen atoms in total. The summed E-state index contributed by atoms with van der Waals surface area (Å²) in [6.45, 7) is 14.1. The van der Waals surface area contributed by atoms with Crippen LogP contribution in [-0.2, 0) is 23.8 Å². The predicted octanol–water partition coefficient (Wildman–Crippen LogP) is 0.731. The highest BCUT2D eigenvalue weighted by molar-refractivity contribution is 5.85. The molecule has 3 amide bonds. The number of alkyl carbamates (subject to hydrolysis) is 1. The smallest absolute Gasteiger partial charge is 0.408 e. The van der Waals surface area contributed by atoms with E-state index in [2.05, 4.69) is 5.32 Å². The molecule has 31 heavy (non-hydrogen) atoms. The fraction of sp³-hybridized carbons (Fsp3) is 0.857. The molecule has 0 unspecified atom stereocenters. The van der Waals surface area contributed by atoms with Crippen LogP contribution >= 0.6 is 0 Å². The van der Waals surface area contributed by atoms with Crippen molar-refractivity contribution in [3.63, 3.8) is 0 Å². The van der Waals surface area contributed by atoms with Crippen molar-refractivity contribution in [3.05, 3.63) is 0 Å². The SMILES string of the molecule is CC[C@H](N)C(=O)N1CCOCC1.CC[C@H](NC(=O)OC(C)(C)C)C(=O)N1CCOCC1. The Balaban J connectivity index is 0.000000343. The molecule has 0 aromatic carbocycles. The van der Waals surface area contributed by atoms with Crippen LogP contribution in [0, 0.1) is 0 Å². The Hall–Kier alpha value is -1.91. The minimum Gasteiger partial charge on any atom is -0.444 e. The highest BCUT2D eigenvalue weighted by Gasteiger charge is 2.27. The van der Waals surface area contributed by atoms with Gasteiger partial charge < -0.3 is 35.1 Å². The maximum atomic E-state index is 12.2. The van der Waals surface area contributed by atoms with E-state index in [4.69, 9.17) is 19.9 Å². The molecule has 0 aromatic rings. The number of morpholine rings is 2. The molecule has 3 N–H and O–H groups in total. The number of rotatable bonds is 5. The third-order valence-corrected chi connectivity index (χ3v) is 4.80.